The van der Waals surface area contributed by atoms with Crippen LogP contribution < -0.4 is 10.0 Å². The van der Waals surface area contributed by atoms with E-state index in [2.05, 4.69) is 32.9 Å². The van der Waals surface area contributed by atoms with Crippen LogP contribution in [0.4, 0.5) is 10.8 Å². The van der Waals surface area contributed by atoms with E-state index in [1.807, 2.05) is 0 Å². The van der Waals surface area contributed by atoms with Crippen LogP contribution in [0.1, 0.15) is 31.7 Å². The average molecular weight is 418 g/mol. The normalized spacial score (nSPS) is 24.6. The number of nitrogens with one attached hydrogen (secondary N) is 2. The number of anilines is 2. The lowest BCUT2D eigenvalue weighted by atomic mass is 9.90. The molecule has 3 heterocycles. The Bertz CT molecular complexity index is 1000. The van der Waals surface area contributed by atoms with E-state index in [4.69, 9.17) is 0 Å². The maximum absolute atomic E-state index is 12.5. The van der Waals surface area contributed by atoms with Crippen LogP contribution >= 0.6 is 11.3 Å². The van der Waals surface area contributed by atoms with Gasteiger partial charge in [-0.3, -0.25) is 9.62 Å². The number of rotatable bonds is 6. The van der Waals surface area contributed by atoms with Crippen LogP contribution in [0.15, 0.2) is 34.7 Å². The quantitative estimate of drug-likeness (QED) is 0.749. The molecule has 2 saturated heterocycles. The molecule has 1 aromatic carbocycles. The minimum absolute atomic E-state index is 0.0555. The van der Waals surface area contributed by atoms with Gasteiger partial charge in [0.1, 0.15) is 6.07 Å². The summed E-state index contributed by atoms with van der Waals surface area (Å²) in [6.07, 6.45) is 5.06. The summed E-state index contributed by atoms with van der Waals surface area (Å²) >= 11 is 1.20. The molecule has 2 N–H and O–H groups in total. The summed E-state index contributed by atoms with van der Waals surface area (Å²) in [5, 5.41) is 15.0. The van der Waals surface area contributed by atoms with Crippen molar-refractivity contribution in [1.82, 2.24) is 9.88 Å². The molecular weight excluding hydrogens is 394 g/mol. The van der Waals surface area contributed by atoms with Crippen molar-refractivity contribution in [2.24, 2.45) is 5.92 Å². The Labute approximate surface area is 169 Å². The number of nitriles is 1. The second kappa shape index (κ2) is 7.35. The molecule has 148 valence electrons. The van der Waals surface area contributed by atoms with Gasteiger partial charge in [-0.2, -0.15) is 5.26 Å². The molecule has 9 heteroatoms. The first kappa shape index (κ1) is 19.2. The van der Waals surface area contributed by atoms with Crippen LogP contribution in [-0.2, 0) is 10.0 Å². The highest BCUT2D eigenvalue weighted by Gasteiger charge is 2.46. The Morgan fingerprint density at radius 1 is 1.46 bits per heavy atom. The topological polar surface area (TPSA) is 98.1 Å². The molecule has 2 aromatic rings. The highest BCUT2D eigenvalue weighted by atomic mass is 32.2. The smallest absolute Gasteiger partial charge is 0.263 e. The number of hydrogen-bond donors (Lipinski definition) is 2. The fourth-order valence-corrected chi connectivity index (χ4v) is 6.33. The summed E-state index contributed by atoms with van der Waals surface area (Å²) < 4.78 is 27.5. The van der Waals surface area contributed by atoms with Gasteiger partial charge in [0.15, 0.2) is 5.13 Å². The largest absolute Gasteiger partial charge is 0.382 e. The fraction of sp³-hybridized carbons (Fsp3) is 0.474. The maximum Gasteiger partial charge on any atom is 0.263 e. The molecule has 7 nitrogen and oxygen atoms in total. The van der Waals surface area contributed by atoms with Crippen molar-refractivity contribution in [2.45, 2.75) is 36.6 Å². The van der Waals surface area contributed by atoms with Crippen molar-refractivity contribution < 1.29 is 8.42 Å². The zero-order valence-electron chi connectivity index (χ0n) is 15.7. The van der Waals surface area contributed by atoms with Crippen molar-refractivity contribution in [3.63, 3.8) is 0 Å². The highest BCUT2D eigenvalue weighted by molar-refractivity contribution is 7.93. The van der Waals surface area contributed by atoms with Crippen molar-refractivity contribution >= 4 is 32.2 Å². The minimum Gasteiger partial charge on any atom is -0.382 e. The van der Waals surface area contributed by atoms with Crippen LogP contribution in [0.2, 0.25) is 0 Å². The van der Waals surface area contributed by atoms with Gasteiger partial charge in [0.2, 0.25) is 0 Å². The van der Waals surface area contributed by atoms with Gasteiger partial charge in [0.05, 0.1) is 16.1 Å². The summed E-state index contributed by atoms with van der Waals surface area (Å²) in [6.45, 7) is 5.33. The van der Waals surface area contributed by atoms with E-state index < -0.39 is 10.0 Å². The van der Waals surface area contributed by atoms with Gasteiger partial charge < -0.3 is 5.32 Å². The zero-order valence-corrected chi connectivity index (χ0v) is 17.3. The molecule has 0 saturated carbocycles. The van der Waals surface area contributed by atoms with Gasteiger partial charge >= 0.3 is 0 Å². The summed E-state index contributed by atoms with van der Waals surface area (Å²) in [4.78, 5) is 6.56. The Morgan fingerprint density at radius 3 is 3.07 bits per heavy atom. The molecule has 0 aliphatic carbocycles. The molecule has 4 rings (SSSR count). The van der Waals surface area contributed by atoms with Crippen molar-refractivity contribution in [3.05, 3.63) is 35.3 Å². The standard InChI is InChI=1S/C19H23N5O2S2/c1-14-10-19(5-2-7-24(19)12-14)13-22-17-4-3-16(9-15(17)11-20)28(25,26)23-18-21-6-8-27-18/h3-4,6,8-9,14,22H,2,5,7,10,12-13H2,1H3,(H,21,23)/t14-,19+/m0/s1. The van der Waals surface area contributed by atoms with Gasteiger partial charge in [-0.15, -0.1) is 11.3 Å². The third kappa shape index (κ3) is 3.60. The molecule has 2 fully saturated rings. The number of sulfonamides is 1. The van der Waals surface area contributed by atoms with Gasteiger partial charge in [-0.1, -0.05) is 6.92 Å². The van der Waals surface area contributed by atoms with Crippen LogP contribution in [0.5, 0.6) is 0 Å². The number of hydrogen-bond acceptors (Lipinski definition) is 7. The number of fused-ring (bicyclic) bond motifs is 1. The van der Waals surface area contributed by atoms with E-state index in [1.165, 1.54) is 36.1 Å². The first-order valence-electron chi connectivity index (χ1n) is 9.37. The lowest BCUT2D eigenvalue weighted by molar-refractivity contribution is 0.209. The van der Waals surface area contributed by atoms with Crippen molar-refractivity contribution in [1.29, 1.82) is 5.26 Å². The van der Waals surface area contributed by atoms with Gasteiger partial charge in [-0.25, -0.2) is 13.4 Å². The number of benzene rings is 1. The number of thiazole rings is 1. The Balaban J connectivity index is 1.52. The maximum atomic E-state index is 12.5. The number of nitrogens with zero attached hydrogens (tertiary/aromatic N) is 3. The highest BCUT2D eigenvalue weighted by Crippen LogP contribution is 2.41. The molecule has 2 aliphatic heterocycles. The fourth-order valence-electron chi connectivity index (χ4n) is 4.52. The second-order valence-corrected chi connectivity index (χ2v) is 10.3. The predicted molar refractivity (Wildman–Crippen MR) is 110 cm³/mol. The summed E-state index contributed by atoms with van der Waals surface area (Å²) in [5.74, 6) is 0.682. The van der Waals surface area contributed by atoms with E-state index in [0.717, 1.165) is 32.5 Å². The molecule has 0 amide bonds. The molecule has 2 atom stereocenters. The van der Waals surface area contributed by atoms with Crippen LogP contribution in [0, 0.1) is 17.2 Å². The third-order valence-corrected chi connectivity index (χ3v) is 7.84. The first-order chi connectivity index (χ1) is 13.4. The predicted octanol–water partition coefficient (Wildman–Crippen LogP) is 3.10. The third-order valence-electron chi connectivity index (χ3n) is 5.69. The van der Waals surface area contributed by atoms with Crippen LogP contribution in [0.3, 0.4) is 0 Å². The molecule has 0 bridgehead atoms. The van der Waals surface area contributed by atoms with E-state index >= 15 is 0 Å². The number of aromatic nitrogens is 1. The molecule has 1 aromatic heterocycles. The molecule has 2 aliphatic rings. The van der Waals surface area contributed by atoms with Crippen LogP contribution in [0.25, 0.3) is 0 Å². The van der Waals surface area contributed by atoms with E-state index in [0.29, 0.717) is 22.3 Å². The van der Waals surface area contributed by atoms with Gasteiger partial charge in [-0.05, 0) is 49.9 Å². The van der Waals surface area contributed by atoms with Gasteiger partial charge in [0, 0.05) is 30.2 Å². The molecule has 0 unspecified atom stereocenters. The Kier molecular flexibility index (Phi) is 5.04. The lowest BCUT2D eigenvalue weighted by Gasteiger charge is -2.32. The van der Waals surface area contributed by atoms with Crippen molar-refractivity contribution in [2.75, 3.05) is 29.7 Å². The summed E-state index contributed by atoms with van der Waals surface area (Å²) in [7, 11) is -3.78. The first-order valence-corrected chi connectivity index (χ1v) is 11.7. The second-order valence-electron chi connectivity index (χ2n) is 7.70. The lowest BCUT2D eigenvalue weighted by Crippen LogP contribution is -2.44. The molecule has 28 heavy (non-hydrogen) atoms. The monoisotopic (exact) mass is 417 g/mol. The zero-order chi connectivity index (χ0) is 19.8. The van der Waals surface area contributed by atoms with Gasteiger partial charge in [0.25, 0.3) is 10.0 Å². The molecule has 0 spiro atoms. The van der Waals surface area contributed by atoms with Crippen LogP contribution in [-0.4, -0.2) is 43.5 Å². The SMILES string of the molecule is C[C@@H]1CN2CCC[C@]2(CNc2ccc(S(=O)(=O)Nc3nccs3)cc2C#N)C1. The minimum atomic E-state index is -3.78. The summed E-state index contributed by atoms with van der Waals surface area (Å²) in [5.41, 5.74) is 1.16. The molecule has 0 radical (unpaired) electrons. The van der Waals surface area contributed by atoms with E-state index in [9.17, 15) is 13.7 Å². The Morgan fingerprint density at radius 2 is 2.32 bits per heavy atom. The van der Waals surface area contributed by atoms with E-state index in [1.54, 1.807) is 11.4 Å². The average Bonchev–Trinajstić information content (AvgIpc) is 3.35. The van der Waals surface area contributed by atoms with E-state index in [-0.39, 0.29) is 10.4 Å². The summed E-state index contributed by atoms with van der Waals surface area (Å²) in [6, 6.07) is 6.76. The van der Waals surface area contributed by atoms with Crippen molar-refractivity contribution in [3.8, 4) is 6.07 Å². The molecular formula is C19H23N5O2S2. The Hall–Kier alpha value is -2.15.